The van der Waals surface area contributed by atoms with Crippen LogP contribution in [0.4, 0.5) is 4.39 Å². The summed E-state index contributed by atoms with van der Waals surface area (Å²) in [6.45, 7) is 3.77. The first-order chi connectivity index (χ1) is 10.1. The molecule has 2 nitrogen and oxygen atoms in total. The molecule has 0 spiro atoms. The molecule has 21 heavy (non-hydrogen) atoms. The molecular weight excluding hydrogens is 401 g/mol. The van der Waals surface area contributed by atoms with Crippen LogP contribution in [-0.4, -0.2) is 6.54 Å². The van der Waals surface area contributed by atoms with Crippen LogP contribution in [0.3, 0.4) is 0 Å². The van der Waals surface area contributed by atoms with Gasteiger partial charge in [0.2, 0.25) is 0 Å². The third kappa shape index (κ3) is 5.09. The predicted molar refractivity (Wildman–Crippen MR) is 90.3 cm³/mol. The lowest BCUT2D eigenvalue weighted by Gasteiger charge is -2.13. The van der Waals surface area contributed by atoms with Crippen LogP contribution in [0, 0.1) is 5.82 Å². The molecule has 2 aromatic rings. The van der Waals surface area contributed by atoms with Gasteiger partial charge in [-0.1, -0.05) is 38.8 Å². The Balaban J connectivity index is 2.21. The van der Waals surface area contributed by atoms with Crippen LogP contribution in [0.5, 0.6) is 11.5 Å². The first kappa shape index (κ1) is 16.5. The Morgan fingerprint density at radius 3 is 2.62 bits per heavy atom. The van der Waals surface area contributed by atoms with Gasteiger partial charge in [-0.3, -0.25) is 0 Å². The SMILES string of the molecule is CCCNCc1cc(Br)ccc1Oc1cc(F)cc(Br)c1. The van der Waals surface area contributed by atoms with Gasteiger partial charge in [-0.2, -0.15) is 0 Å². The summed E-state index contributed by atoms with van der Waals surface area (Å²) in [5.74, 6) is 0.863. The topological polar surface area (TPSA) is 21.3 Å². The third-order valence-electron chi connectivity index (χ3n) is 2.83. The van der Waals surface area contributed by atoms with E-state index in [1.165, 1.54) is 12.1 Å². The molecule has 0 heterocycles. The molecule has 0 bridgehead atoms. The maximum Gasteiger partial charge on any atom is 0.131 e. The van der Waals surface area contributed by atoms with Crippen molar-refractivity contribution in [2.75, 3.05) is 6.54 Å². The summed E-state index contributed by atoms with van der Waals surface area (Å²) in [6.07, 6.45) is 1.07. The summed E-state index contributed by atoms with van der Waals surface area (Å²) in [4.78, 5) is 0. The molecule has 2 rings (SSSR count). The van der Waals surface area contributed by atoms with Crippen molar-refractivity contribution >= 4 is 31.9 Å². The lowest BCUT2D eigenvalue weighted by atomic mass is 10.2. The number of nitrogens with one attached hydrogen (secondary N) is 1. The molecule has 112 valence electrons. The molecule has 0 unspecified atom stereocenters. The van der Waals surface area contributed by atoms with E-state index in [4.69, 9.17) is 4.74 Å². The fourth-order valence-corrected chi connectivity index (χ4v) is 2.75. The number of halogens is 3. The van der Waals surface area contributed by atoms with Crippen LogP contribution in [0.25, 0.3) is 0 Å². The van der Waals surface area contributed by atoms with Gasteiger partial charge >= 0.3 is 0 Å². The van der Waals surface area contributed by atoms with Crippen LogP contribution in [0.1, 0.15) is 18.9 Å². The highest BCUT2D eigenvalue weighted by atomic mass is 79.9. The zero-order valence-corrected chi connectivity index (χ0v) is 14.8. The van der Waals surface area contributed by atoms with Crippen LogP contribution in [0.2, 0.25) is 0 Å². The van der Waals surface area contributed by atoms with Crippen molar-refractivity contribution in [1.82, 2.24) is 5.32 Å². The second kappa shape index (κ2) is 7.92. The number of hydrogen-bond donors (Lipinski definition) is 1. The molecule has 0 fully saturated rings. The quantitative estimate of drug-likeness (QED) is 0.615. The van der Waals surface area contributed by atoms with E-state index in [0.29, 0.717) is 16.8 Å². The van der Waals surface area contributed by atoms with E-state index in [1.807, 2.05) is 18.2 Å². The monoisotopic (exact) mass is 415 g/mol. The molecule has 2 aromatic carbocycles. The molecule has 0 aliphatic rings. The number of rotatable bonds is 6. The Kier molecular flexibility index (Phi) is 6.21. The number of hydrogen-bond acceptors (Lipinski definition) is 2. The van der Waals surface area contributed by atoms with Crippen molar-refractivity contribution in [3.8, 4) is 11.5 Å². The van der Waals surface area contributed by atoms with Crippen molar-refractivity contribution in [1.29, 1.82) is 0 Å². The highest BCUT2D eigenvalue weighted by Gasteiger charge is 2.07. The second-order valence-electron chi connectivity index (χ2n) is 4.64. The number of benzene rings is 2. The first-order valence-corrected chi connectivity index (χ1v) is 8.30. The van der Waals surface area contributed by atoms with Crippen molar-refractivity contribution in [3.05, 3.63) is 56.7 Å². The minimum atomic E-state index is -0.331. The minimum absolute atomic E-state index is 0.331. The second-order valence-corrected chi connectivity index (χ2v) is 6.47. The predicted octanol–water partition coefficient (Wildman–Crippen LogP) is 5.64. The van der Waals surface area contributed by atoms with Gasteiger partial charge < -0.3 is 10.1 Å². The van der Waals surface area contributed by atoms with Gasteiger partial charge in [0.15, 0.2) is 0 Å². The molecule has 0 atom stereocenters. The fourth-order valence-electron chi connectivity index (χ4n) is 1.90. The van der Waals surface area contributed by atoms with E-state index in [0.717, 1.165) is 28.8 Å². The zero-order valence-electron chi connectivity index (χ0n) is 11.6. The van der Waals surface area contributed by atoms with Crippen molar-refractivity contribution in [2.24, 2.45) is 0 Å². The van der Waals surface area contributed by atoms with Gasteiger partial charge in [-0.15, -0.1) is 0 Å². The highest BCUT2D eigenvalue weighted by molar-refractivity contribution is 9.10. The standard InChI is InChI=1S/C16H16Br2FNO/c1-2-5-20-10-11-6-12(17)3-4-16(11)21-15-8-13(18)7-14(19)9-15/h3-4,6-9,20H,2,5,10H2,1H3. The van der Waals surface area contributed by atoms with E-state index >= 15 is 0 Å². The summed E-state index contributed by atoms with van der Waals surface area (Å²) in [6, 6.07) is 10.3. The minimum Gasteiger partial charge on any atom is -0.457 e. The average Bonchev–Trinajstić information content (AvgIpc) is 2.41. The van der Waals surface area contributed by atoms with Gasteiger partial charge in [0, 0.05) is 27.1 Å². The largest absolute Gasteiger partial charge is 0.457 e. The van der Waals surface area contributed by atoms with Crippen molar-refractivity contribution in [3.63, 3.8) is 0 Å². The van der Waals surface area contributed by atoms with Gasteiger partial charge in [0.1, 0.15) is 17.3 Å². The lowest BCUT2D eigenvalue weighted by Crippen LogP contribution is -2.14. The van der Waals surface area contributed by atoms with Crippen LogP contribution in [0.15, 0.2) is 45.3 Å². The zero-order chi connectivity index (χ0) is 15.2. The lowest BCUT2D eigenvalue weighted by molar-refractivity contribution is 0.467. The molecular formula is C16H16Br2FNO. The maximum atomic E-state index is 13.4. The number of ether oxygens (including phenoxy) is 1. The Morgan fingerprint density at radius 2 is 1.90 bits per heavy atom. The van der Waals surface area contributed by atoms with E-state index in [2.05, 4.69) is 44.1 Å². The molecule has 0 radical (unpaired) electrons. The van der Waals surface area contributed by atoms with Gasteiger partial charge in [0.25, 0.3) is 0 Å². The summed E-state index contributed by atoms with van der Waals surface area (Å²) in [5, 5.41) is 3.34. The molecule has 0 aliphatic carbocycles. The van der Waals surface area contributed by atoms with E-state index in [1.54, 1.807) is 6.07 Å². The van der Waals surface area contributed by atoms with Crippen molar-refractivity contribution < 1.29 is 9.13 Å². The smallest absolute Gasteiger partial charge is 0.131 e. The van der Waals surface area contributed by atoms with Crippen LogP contribution >= 0.6 is 31.9 Å². The van der Waals surface area contributed by atoms with Gasteiger partial charge in [0.05, 0.1) is 0 Å². The Labute approximate surface area is 141 Å². The van der Waals surface area contributed by atoms with Gasteiger partial charge in [-0.25, -0.2) is 4.39 Å². The molecule has 0 aliphatic heterocycles. The van der Waals surface area contributed by atoms with Crippen LogP contribution in [-0.2, 0) is 6.54 Å². The summed E-state index contributed by atoms with van der Waals surface area (Å²) in [5.41, 5.74) is 1.03. The molecule has 0 saturated heterocycles. The van der Waals surface area contributed by atoms with Crippen molar-refractivity contribution in [2.45, 2.75) is 19.9 Å². The Hall–Kier alpha value is -0.910. The molecule has 0 aromatic heterocycles. The first-order valence-electron chi connectivity index (χ1n) is 6.71. The Morgan fingerprint density at radius 1 is 1.10 bits per heavy atom. The Bertz CT molecular complexity index is 599. The van der Waals surface area contributed by atoms with Crippen LogP contribution < -0.4 is 10.1 Å². The summed E-state index contributed by atoms with van der Waals surface area (Å²) < 4.78 is 20.9. The summed E-state index contributed by atoms with van der Waals surface area (Å²) >= 11 is 6.73. The fraction of sp³-hybridized carbons (Fsp3) is 0.250. The molecule has 1 N–H and O–H groups in total. The highest BCUT2D eigenvalue weighted by Crippen LogP contribution is 2.30. The maximum absolute atomic E-state index is 13.4. The molecule has 0 amide bonds. The normalized spacial score (nSPS) is 10.7. The van der Waals surface area contributed by atoms with Gasteiger partial charge in [-0.05, 0) is 43.3 Å². The molecule has 5 heteroatoms. The van der Waals surface area contributed by atoms with E-state index < -0.39 is 0 Å². The third-order valence-corrected chi connectivity index (χ3v) is 3.78. The van der Waals surface area contributed by atoms with E-state index in [-0.39, 0.29) is 5.82 Å². The van der Waals surface area contributed by atoms with E-state index in [9.17, 15) is 4.39 Å². The molecule has 0 saturated carbocycles. The average molecular weight is 417 g/mol. The summed E-state index contributed by atoms with van der Waals surface area (Å²) in [7, 11) is 0.